The quantitative estimate of drug-likeness (QED) is 0.890. The van der Waals surface area contributed by atoms with Crippen molar-refractivity contribution in [3.8, 4) is 5.75 Å². The molecule has 2 heterocycles. The van der Waals surface area contributed by atoms with Crippen molar-refractivity contribution < 1.29 is 14.3 Å². The number of rotatable bonds is 4. The molecule has 7 heteroatoms. The van der Waals surface area contributed by atoms with Crippen molar-refractivity contribution in [2.45, 2.75) is 19.3 Å². The van der Waals surface area contributed by atoms with Gasteiger partial charge in [-0.25, -0.2) is 4.79 Å². The molecule has 1 aromatic rings. The van der Waals surface area contributed by atoms with Crippen LogP contribution in [0.4, 0.5) is 10.5 Å². The minimum Gasteiger partial charge on any atom is -0.497 e. The number of ether oxygens (including phenoxy) is 1. The Morgan fingerprint density at radius 1 is 1.00 bits per heavy atom. The van der Waals surface area contributed by atoms with Gasteiger partial charge in [0.25, 0.3) is 0 Å². The third kappa shape index (κ3) is 4.88. The van der Waals surface area contributed by atoms with Gasteiger partial charge in [-0.1, -0.05) is 6.07 Å². The SMILES string of the molecule is COc1cccc(NC(=O)N2CCCN(CC(=O)N3CCCC3)CC2)c1. The molecule has 2 aliphatic heterocycles. The number of amides is 3. The van der Waals surface area contributed by atoms with Crippen LogP contribution in [0.25, 0.3) is 0 Å². The Morgan fingerprint density at radius 3 is 2.54 bits per heavy atom. The fraction of sp³-hybridized carbons (Fsp3) is 0.579. The summed E-state index contributed by atoms with van der Waals surface area (Å²) in [6.07, 6.45) is 3.10. The summed E-state index contributed by atoms with van der Waals surface area (Å²) >= 11 is 0. The third-order valence-electron chi connectivity index (χ3n) is 5.01. The Kier molecular flexibility index (Phi) is 6.33. The van der Waals surface area contributed by atoms with E-state index in [-0.39, 0.29) is 11.9 Å². The van der Waals surface area contributed by atoms with Gasteiger partial charge in [0.2, 0.25) is 5.91 Å². The Morgan fingerprint density at radius 2 is 1.77 bits per heavy atom. The molecule has 2 fully saturated rings. The van der Waals surface area contributed by atoms with E-state index in [0.29, 0.717) is 25.4 Å². The van der Waals surface area contributed by atoms with E-state index < -0.39 is 0 Å². The number of benzene rings is 1. The number of nitrogens with one attached hydrogen (secondary N) is 1. The van der Waals surface area contributed by atoms with E-state index in [0.717, 1.165) is 51.1 Å². The highest BCUT2D eigenvalue weighted by atomic mass is 16.5. The van der Waals surface area contributed by atoms with E-state index in [1.165, 1.54) is 0 Å². The first-order valence-corrected chi connectivity index (χ1v) is 9.36. The first kappa shape index (κ1) is 18.5. The summed E-state index contributed by atoms with van der Waals surface area (Å²) in [6, 6.07) is 7.24. The van der Waals surface area contributed by atoms with Gasteiger partial charge in [-0.3, -0.25) is 9.69 Å². The van der Waals surface area contributed by atoms with E-state index in [1.807, 2.05) is 28.0 Å². The zero-order valence-corrected chi connectivity index (χ0v) is 15.4. The number of hydrogen-bond donors (Lipinski definition) is 1. The normalized spacial score (nSPS) is 18.5. The largest absolute Gasteiger partial charge is 0.497 e. The molecule has 7 nitrogen and oxygen atoms in total. The number of hydrogen-bond acceptors (Lipinski definition) is 4. The second-order valence-electron chi connectivity index (χ2n) is 6.87. The lowest BCUT2D eigenvalue weighted by Gasteiger charge is -2.24. The van der Waals surface area contributed by atoms with Gasteiger partial charge in [0.15, 0.2) is 0 Å². The molecular formula is C19H28N4O3. The molecule has 2 aliphatic rings. The molecule has 0 unspecified atom stereocenters. The van der Waals surface area contributed by atoms with Gasteiger partial charge in [-0.05, 0) is 31.4 Å². The maximum absolute atomic E-state index is 12.5. The number of anilines is 1. The predicted octanol–water partition coefficient (Wildman–Crippen LogP) is 1.86. The van der Waals surface area contributed by atoms with E-state index in [4.69, 9.17) is 4.74 Å². The minimum absolute atomic E-state index is 0.106. The van der Waals surface area contributed by atoms with E-state index >= 15 is 0 Å². The molecule has 26 heavy (non-hydrogen) atoms. The average molecular weight is 360 g/mol. The summed E-state index contributed by atoms with van der Waals surface area (Å²) in [5, 5.41) is 2.93. The summed E-state index contributed by atoms with van der Waals surface area (Å²) in [5.41, 5.74) is 0.722. The predicted molar refractivity (Wildman–Crippen MR) is 100 cm³/mol. The maximum Gasteiger partial charge on any atom is 0.321 e. The van der Waals surface area contributed by atoms with Crippen LogP contribution in [0.2, 0.25) is 0 Å². The van der Waals surface area contributed by atoms with E-state index in [9.17, 15) is 9.59 Å². The van der Waals surface area contributed by atoms with E-state index in [2.05, 4.69) is 10.2 Å². The van der Waals surface area contributed by atoms with Crippen LogP contribution in [0, 0.1) is 0 Å². The van der Waals surface area contributed by atoms with E-state index in [1.54, 1.807) is 13.2 Å². The lowest BCUT2D eigenvalue weighted by atomic mass is 10.3. The molecule has 1 aromatic carbocycles. The summed E-state index contributed by atoms with van der Waals surface area (Å²) in [4.78, 5) is 30.8. The highest BCUT2D eigenvalue weighted by Crippen LogP contribution is 2.17. The molecule has 0 saturated carbocycles. The highest BCUT2D eigenvalue weighted by molar-refractivity contribution is 5.89. The molecule has 0 spiro atoms. The molecule has 3 amide bonds. The molecule has 0 bridgehead atoms. The summed E-state index contributed by atoms with van der Waals surface area (Å²) in [7, 11) is 1.60. The van der Waals surface area contributed by atoms with Gasteiger partial charge >= 0.3 is 6.03 Å². The first-order chi connectivity index (χ1) is 12.7. The van der Waals surface area contributed by atoms with Gasteiger partial charge in [-0.2, -0.15) is 0 Å². The zero-order chi connectivity index (χ0) is 18.4. The monoisotopic (exact) mass is 360 g/mol. The van der Waals surface area contributed by atoms with Crippen LogP contribution in [-0.4, -0.2) is 79.6 Å². The van der Waals surface area contributed by atoms with Crippen molar-refractivity contribution >= 4 is 17.6 Å². The van der Waals surface area contributed by atoms with Gasteiger partial charge in [0.05, 0.1) is 13.7 Å². The number of methoxy groups -OCH3 is 1. The average Bonchev–Trinajstić information content (AvgIpc) is 3.09. The van der Waals surface area contributed by atoms with Gasteiger partial charge in [0, 0.05) is 51.0 Å². The summed E-state index contributed by atoms with van der Waals surface area (Å²) in [6.45, 7) is 5.15. The molecule has 0 atom stereocenters. The summed E-state index contributed by atoms with van der Waals surface area (Å²) in [5.74, 6) is 0.932. The van der Waals surface area contributed by atoms with Crippen molar-refractivity contribution in [3.05, 3.63) is 24.3 Å². The van der Waals surface area contributed by atoms with Crippen LogP contribution in [0.15, 0.2) is 24.3 Å². The van der Waals surface area contributed by atoms with Crippen molar-refractivity contribution in [3.63, 3.8) is 0 Å². The zero-order valence-electron chi connectivity index (χ0n) is 15.4. The Hall–Kier alpha value is -2.28. The first-order valence-electron chi connectivity index (χ1n) is 9.36. The molecule has 3 rings (SSSR count). The van der Waals surface area contributed by atoms with Gasteiger partial charge in [-0.15, -0.1) is 0 Å². The molecular weight excluding hydrogens is 332 g/mol. The molecule has 2 saturated heterocycles. The second-order valence-corrected chi connectivity index (χ2v) is 6.87. The lowest BCUT2D eigenvalue weighted by Crippen LogP contribution is -2.41. The maximum atomic E-state index is 12.5. The third-order valence-corrected chi connectivity index (χ3v) is 5.01. The number of carbonyl (C=O) groups is 2. The number of likely N-dealkylation sites (tertiary alicyclic amines) is 1. The smallest absolute Gasteiger partial charge is 0.321 e. The van der Waals surface area contributed by atoms with Crippen molar-refractivity contribution in [2.24, 2.45) is 0 Å². The van der Waals surface area contributed by atoms with Gasteiger partial charge < -0.3 is 19.9 Å². The Bertz CT molecular complexity index is 631. The Labute approximate surface area is 154 Å². The fourth-order valence-corrected chi connectivity index (χ4v) is 3.49. The molecule has 0 aromatic heterocycles. The summed E-state index contributed by atoms with van der Waals surface area (Å²) < 4.78 is 5.19. The Balaban J connectivity index is 1.49. The van der Waals surface area contributed by atoms with Crippen LogP contribution < -0.4 is 10.1 Å². The van der Waals surface area contributed by atoms with Crippen LogP contribution in [0.3, 0.4) is 0 Å². The number of nitrogens with zero attached hydrogens (tertiary/aromatic N) is 3. The van der Waals surface area contributed by atoms with Crippen LogP contribution in [0.5, 0.6) is 5.75 Å². The molecule has 1 N–H and O–H groups in total. The molecule has 142 valence electrons. The number of carbonyl (C=O) groups excluding carboxylic acids is 2. The highest BCUT2D eigenvalue weighted by Gasteiger charge is 2.23. The second kappa shape index (κ2) is 8.89. The van der Waals surface area contributed by atoms with Crippen LogP contribution in [0.1, 0.15) is 19.3 Å². The molecule has 0 aliphatic carbocycles. The number of urea groups is 1. The van der Waals surface area contributed by atoms with Crippen molar-refractivity contribution in [2.75, 3.05) is 58.2 Å². The van der Waals surface area contributed by atoms with Crippen molar-refractivity contribution in [1.82, 2.24) is 14.7 Å². The molecule has 0 radical (unpaired) electrons. The minimum atomic E-state index is -0.106. The van der Waals surface area contributed by atoms with Crippen LogP contribution >= 0.6 is 0 Å². The lowest BCUT2D eigenvalue weighted by molar-refractivity contribution is -0.131. The topological polar surface area (TPSA) is 65.1 Å². The standard InChI is InChI=1S/C19H28N4O3/c1-26-17-7-4-6-16(14-17)20-19(25)23-11-5-8-21(12-13-23)15-18(24)22-9-2-3-10-22/h4,6-7,14H,2-3,5,8-13,15H2,1H3,(H,20,25). The van der Waals surface area contributed by atoms with Crippen molar-refractivity contribution in [1.29, 1.82) is 0 Å². The fourth-order valence-electron chi connectivity index (χ4n) is 3.49. The van der Waals surface area contributed by atoms with Crippen LogP contribution in [-0.2, 0) is 4.79 Å². The van der Waals surface area contributed by atoms with Gasteiger partial charge in [0.1, 0.15) is 5.75 Å².